The molecule has 0 bridgehead atoms. The molecule has 4 rings (SSSR count). The van der Waals surface area contributed by atoms with Gasteiger partial charge in [0.15, 0.2) is 0 Å². The van der Waals surface area contributed by atoms with Gasteiger partial charge in [0.25, 0.3) is 0 Å². The molecule has 0 aliphatic heterocycles. The largest absolute Gasteiger partial charge is 0.496 e. The quantitative estimate of drug-likeness (QED) is 0.612. The van der Waals surface area contributed by atoms with E-state index < -0.39 is 5.97 Å². The number of furan rings is 1. The number of carboxylic acids is 1. The molecular formula is C26H32O4. The lowest BCUT2D eigenvalue weighted by Gasteiger charge is -2.42. The summed E-state index contributed by atoms with van der Waals surface area (Å²) in [6.07, 6.45) is 7.97. The second-order valence-corrected chi connectivity index (χ2v) is 10.1. The second-order valence-electron chi connectivity index (χ2n) is 10.1. The SMILES string of the molecule is COc1cc2c(cc1C1CCCc3oc(/C=C/C(=O)O)cc31)C(C)(C)CCC2(C)C. The average Bonchev–Trinajstić information content (AvgIpc) is 3.12. The fraction of sp³-hybridized carbons (Fsp3) is 0.500. The van der Waals surface area contributed by atoms with Gasteiger partial charge in [0, 0.05) is 29.5 Å². The first kappa shape index (κ1) is 20.8. The van der Waals surface area contributed by atoms with Crippen LogP contribution < -0.4 is 4.74 Å². The zero-order valence-electron chi connectivity index (χ0n) is 18.7. The Morgan fingerprint density at radius 2 is 1.77 bits per heavy atom. The normalized spacial score (nSPS) is 21.8. The summed E-state index contributed by atoms with van der Waals surface area (Å²) < 4.78 is 11.9. The van der Waals surface area contributed by atoms with E-state index in [2.05, 4.69) is 39.8 Å². The number of ether oxygens (including phenoxy) is 1. The molecule has 4 heteroatoms. The van der Waals surface area contributed by atoms with Gasteiger partial charge in [-0.3, -0.25) is 0 Å². The first-order valence-corrected chi connectivity index (χ1v) is 10.9. The van der Waals surface area contributed by atoms with Crippen molar-refractivity contribution in [3.05, 3.63) is 58.0 Å². The Labute approximate surface area is 178 Å². The molecule has 2 aliphatic carbocycles. The molecule has 1 heterocycles. The first-order chi connectivity index (χ1) is 14.1. The fourth-order valence-electron chi connectivity index (χ4n) is 5.20. The second kappa shape index (κ2) is 7.33. The van der Waals surface area contributed by atoms with E-state index in [4.69, 9.17) is 14.3 Å². The highest BCUT2D eigenvalue weighted by atomic mass is 16.5. The molecule has 160 valence electrons. The highest BCUT2D eigenvalue weighted by molar-refractivity contribution is 5.84. The minimum atomic E-state index is -0.970. The van der Waals surface area contributed by atoms with Crippen molar-refractivity contribution in [1.29, 1.82) is 0 Å². The highest BCUT2D eigenvalue weighted by Crippen LogP contribution is 2.50. The van der Waals surface area contributed by atoms with Gasteiger partial charge in [-0.15, -0.1) is 0 Å². The fourth-order valence-corrected chi connectivity index (χ4v) is 5.20. The molecule has 0 saturated heterocycles. The van der Waals surface area contributed by atoms with Crippen LogP contribution in [0.3, 0.4) is 0 Å². The maximum absolute atomic E-state index is 10.9. The molecule has 1 aromatic carbocycles. The number of fused-ring (bicyclic) bond motifs is 2. The predicted molar refractivity (Wildman–Crippen MR) is 118 cm³/mol. The molecule has 4 nitrogen and oxygen atoms in total. The van der Waals surface area contributed by atoms with E-state index in [1.807, 2.05) is 6.07 Å². The Morgan fingerprint density at radius 3 is 2.40 bits per heavy atom. The van der Waals surface area contributed by atoms with Crippen molar-refractivity contribution in [1.82, 2.24) is 0 Å². The molecule has 1 unspecified atom stereocenters. The molecule has 2 aliphatic rings. The van der Waals surface area contributed by atoms with Crippen LogP contribution >= 0.6 is 0 Å². The molecule has 1 N–H and O–H groups in total. The minimum absolute atomic E-state index is 0.134. The van der Waals surface area contributed by atoms with Gasteiger partial charge >= 0.3 is 5.97 Å². The number of rotatable bonds is 4. The van der Waals surface area contributed by atoms with Gasteiger partial charge < -0.3 is 14.3 Å². The van der Waals surface area contributed by atoms with Gasteiger partial charge in [-0.2, -0.15) is 0 Å². The number of benzene rings is 1. The molecule has 1 aromatic heterocycles. The number of carboxylic acid groups (broad SMARTS) is 1. The van der Waals surface area contributed by atoms with E-state index in [9.17, 15) is 4.79 Å². The Hall–Kier alpha value is -2.49. The van der Waals surface area contributed by atoms with Crippen molar-refractivity contribution in [2.24, 2.45) is 0 Å². The van der Waals surface area contributed by atoms with Crippen molar-refractivity contribution in [3.63, 3.8) is 0 Å². The van der Waals surface area contributed by atoms with E-state index >= 15 is 0 Å². The van der Waals surface area contributed by atoms with Gasteiger partial charge in [0.05, 0.1) is 7.11 Å². The van der Waals surface area contributed by atoms with Crippen molar-refractivity contribution in [3.8, 4) is 5.75 Å². The zero-order chi connectivity index (χ0) is 21.7. The molecule has 0 radical (unpaired) electrons. The van der Waals surface area contributed by atoms with Gasteiger partial charge in [0.2, 0.25) is 0 Å². The van der Waals surface area contributed by atoms with Gasteiger partial charge in [-0.05, 0) is 65.8 Å². The zero-order valence-corrected chi connectivity index (χ0v) is 18.7. The van der Waals surface area contributed by atoms with Crippen molar-refractivity contribution in [2.45, 2.75) is 76.5 Å². The maximum atomic E-state index is 10.9. The topological polar surface area (TPSA) is 59.7 Å². The molecule has 0 amide bonds. The minimum Gasteiger partial charge on any atom is -0.496 e. The summed E-state index contributed by atoms with van der Waals surface area (Å²) >= 11 is 0. The number of hydrogen-bond acceptors (Lipinski definition) is 3. The summed E-state index contributed by atoms with van der Waals surface area (Å²) in [4.78, 5) is 10.9. The number of carbonyl (C=O) groups is 1. The van der Waals surface area contributed by atoms with Crippen LogP contribution in [0.15, 0.2) is 28.7 Å². The summed E-state index contributed by atoms with van der Waals surface area (Å²) in [6, 6.07) is 6.66. The molecule has 0 fully saturated rings. The molecule has 30 heavy (non-hydrogen) atoms. The standard InChI is InChI=1S/C26H32O4/c1-25(2)11-12-26(3,4)21-15-23(29-5)19(14-20(21)25)17-7-6-8-22-18(17)13-16(30-22)9-10-24(27)28/h9-10,13-15,17H,6-8,11-12H2,1-5H3,(H,27,28)/b10-9+. The third-order valence-electron chi connectivity index (χ3n) is 7.10. The van der Waals surface area contributed by atoms with Gasteiger partial charge in [-0.25, -0.2) is 4.79 Å². The van der Waals surface area contributed by atoms with Crippen molar-refractivity contribution < 1.29 is 19.1 Å². The average molecular weight is 409 g/mol. The number of hydrogen-bond donors (Lipinski definition) is 1. The summed E-state index contributed by atoms with van der Waals surface area (Å²) in [6.45, 7) is 9.35. The lowest BCUT2D eigenvalue weighted by molar-refractivity contribution is -0.131. The van der Waals surface area contributed by atoms with Crippen LogP contribution in [0.2, 0.25) is 0 Å². The summed E-state index contributed by atoms with van der Waals surface area (Å²) in [5.41, 5.74) is 5.48. The van der Waals surface area contributed by atoms with E-state index in [1.54, 1.807) is 7.11 Å². The van der Waals surface area contributed by atoms with Crippen LogP contribution in [0.5, 0.6) is 5.75 Å². The molecule has 0 saturated carbocycles. The smallest absolute Gasteiger partial charge is 0.328 e. The number of aliphatic carboxylic acids is 1. The Kier molecular flexibility index (Phi) is 5.08. The molecule has 0 spiro atoms. The predicted octanol–water partition coefficient (Wildman–Crippen LogP) is 6.20. The van der Waals surface area contributed by atoms with Crippen LogP contribution in [-0.4, -0.2) is 18.2 Å². The van der Waals surface area contributed by atoms with Crippen LogP contribution in [0.1, 0.15) is 93.1 Å². The monoisotopic (exact) mass is 408 g/mol. The van der Waals surface area contributed by atoms with E-state index in [-0.39, 0.29) is 16.7 Å². The van der Waals surface area contributed by atoms with Crippen molar-refractivity contribution in [2.75, 3.05) is 7.11 Å². The molecule has 2 aromatic rings. The van der Waals surface area contributed by atoms with Crippen LogP contribution in [0.25, 0.3) is 6.08 Å². The molecule has 1 atom stereocenters. The number of methoxy groups -OCH3 is 1. The van der Waals surface area contributed by atoms with Gasteiger partial charge in [0.1, 0.15) is 17.3 Å². The Bertz CT molecular complexity index is 1010. The summed E-state index contributed by atoms with van der Waals surface area (Å²) in [5, 5.41) is 8.93. The summed E-state index contributed by atoms with van der Waals surface area (Å²) in [7, 11) is 1.76. The lowest BCUT2D eigenvalue weighted by Crippen LogP contribution is -2.34. The first-order valence-electron chi connectivity index (χ1n) is 10.9. The molecular weight excluding hydrogens is 376 g/mol. The van der Waals surface area contributed by atoms with E-state index in [1.165, 1.54) is 35.6 Å². The number of aryl methyl sites for hydroxylation is 1. The maximum Gasteiger partial charge on any atom is 0.328 e. The van der Waals surface area contributed by atoms with Crippen LogP contribution in [-0.2, 0) is 22.0 Å². The lowest BCUT2D eigenvalue weighted by atomic mass is 9.62. The highest BCUT2D eigenvalue weighted by Gasteiger charge is 2.39. The Morgan fingerprint density at radius 1 is 1.10 bits per heavy atom. The van der Waals surface area contributed by atoms with E-state index in [0.29, 0.717) is 5.76 Å². The third kappa shape index (κ3) is 3.57. The van der Waals surface area contributed by atoms with Gasteiger partial charge in [-0.1, -0.05) is 33.8 Å². The Balaban J connectivity index is 1.83. The van der Waals surface area contributed by atoms with E-state index in [0.717, 1.165) is 42.4 Å². The third-order valence-corrected chi connectivity index (χ3v) is 7.10. The van der Waals surface area contributed by atoms with Crippen molar-refractivity contribution >= 4 is 12.0 Å². The van der Waals surface area contributed by atoms with Crippen LogP contribution in [0.4, 0.5) is 0 Å². The van der Waals surface area contributed by atoms with Crippen LogP contribution in [0, 0.1) is 0 Å². The summed E-state index contributed by atoms with van der Waals surface area (Å²) in [5.74, 6) is 1.75.